The van der Waals surface area contributed by atoms with E-state index in [0.29, 0.717) is 0 Å². The van der Waals surface area contributed by atoms with Crippen LogP contribution in [0, 0.1) is 0 Å². The van der Waals surface area contributed by atoms with Crippen LogP contribution < -0.4 is 0 Å². The van der Waals surface area contributed by atoms with Crippen molar-refractivity contribution in [3.05, 3.63) is 48.0 Å². The summed E-state index contributed by atoms with van der Waals surface area (Å²) in [5.74, 6) is -3.44. The predicted molar refractivity (Wildman–Crippen MR) is 72.4 cm³/mol. The predicted octanol–water partition coefficient (Wildman–Crippen LogP) is 0.687. The van der Waals surface area contributed by atoms with E-state index in [1.54, 1.807) is 0 Å². The van der Waals surface area contributed by atoms with Crippen LogP contribution in [0.15, 0.2) is 36.9 Å². The molecule has 11 heteroatoms. The minimum absolute atomic E-state index is 0.190. The van der Waals surface area contributed by atoms with Crippen molar-refractivity contribution in [2.75, 3.05) is 0 Å². The largest absolute Gasteiger partial charge is 0.478 e. The number of carboxylic acids is 3. The van der Waals surface area contributed by atoms with Crippen molar-refractivity contribution in [2.45, 2.75) is 0 Å². The number of carbonyl (C=O) groups is 3. The minimum atomic E-state index is -4.67. The van der Waals surface area contributed by atoms with Gasteiger partial charge in [-0.1, -0.05) is 18.7 Å². The number of benzene rings is 1. The maximum atomic E-state index is 10.5. The SMILES string of the molecule is C=CC(=O)O.O=C(O)c1ccccc1C(=O)O.O=S(=O)(O)O. The average molecular weight is 336 g/mol. The first kappa shape index (κ1) is 21.5. The number of carboxylic acid groups (broad SMARTS) is 3. The summed E-state index contributed by atoms with van der Waals surface area (Å²) in [5, 5.41) is 24.7. The third-order valence-corrected chi connectivity index (χ3v) is 1.56. The zero-order valence-electron chi connectivity index (χ0n) is 10.8. The van der Waals surface area contributed by atoms with Gasteiger partial charge in [-0.05, 0) is 12.1 Å². The van der Waals surface area contributed by atoms with Crippen LogP contribution in [0.4, 0.5) is 0 Å². The summed E-state index contributed by atoms with van der Waals surface area (Å²) in [6, 6.07) is 5.48. The van der Waals surface area contributed by atoms with Crippen molar-refractivity contribution >= 4 is 28.3 Å². The van der Waals surface area contributed by atoms with E-state index in [1.807, 2.05) is 0 Å². The number of aliphatic carboxylic acids is 1. The fraction of sp³-hybridized carbons (Fsp3) is 0. The van der Waals surface area contributed by atoms with Crippen molar-refractivity contribution in [3.63, 3.8) is 0 Å². The molecule has 0 aliphatic heterocycles. The summed E-state index contributed by atoms with van der Waals surface area (Å²) in [6.45, 7) is 2.96. The van der Waals surface area contributed by atoms with Crippen LogP contribution in [0.25, 0.3) is 0 Å². The van der Waals surface area contributed by atoms with E-state index in [4.69, 9.17) is 32.8 Å². The molecule has 0 spiro atoms. The van der Waals surface area contributed by atoms with E-state index >= 15 is 0 Å². The highest BCUT2D eigenvalue weighted by molar-refractivity contribution is 7.79. The van der Waals surface area contributed by atoms with E-state index in [2.05, 4.69) is 6.58 Å². The molecular weight excluding hydrogens is 324 g/mol. The van der Waals surface area contributed by atoms with E-state index in [1.165, 1.54) is 24.3 Å². The molecule has 0 unspecified atom stereocenters. The first-order valence-electron chi connectivity index (χ1n) is 5.01. The Hall–Kier alpha value is -2.76. The lowest BCUT2D eigenvalue weighted by atomic mass is 10.1. The molecule has 0 fully saturated rings. The van der Waals surface area contributed by atoms with Gasteiger partial charge in [0.15, 0.2) is 0 Å². The van der Waals surface area contributed by atoms with Gasteiger partial charge in [0.05, 0.1) is 11.1 Å². The first-order chi connectivity index (χ1) is 9.90. The van der Waals surface area contributed by atoms with Gasteiger partial charge in [0.1, 0.15) is 0 Å². The quantitative estimate of drug-likeness (QED) is 0.388. The van der Waals surface area contributed by atoms with Crippen molar-refractivity contribution in [1.82, 2.24) is 0 Å². The Morgan fingerprint density at radius 1 is 0.909 bits per heavy atom. The van der Waals surface area contributed by atoms with E-state index < -0.39 is 28.3 Å². The topological polar surface area (TPSA) is 186 Å². The summed E-state index contributed by atoms with van der Waals surface area (Å²) in [4.78, 5) is 30.2. The molecule has 0 bridgehead atoms. The highest BCUT2D eigenvalue weighted by atomic mass is 32.3. The van der Waals surface area contributed by atoms with E-state index in [9.17, 15) is 14.4 Å². The third kappa shape index (κ3) is 13.7. The Bertz CT molecular complexity index is 606. The van der Waals surface area contributed by atoms with Gasteiger partial charge in [-0.2, -0.15) is 8.42 Å². The number of aromatic carboxylic acids is 2. The summed E-state index contributed by atoms with van der Waals surface area (Å²) in [6.07, 6.45) is 0.833. The van der Waals surface area contributed by atoms with Crippen molar-refractivity contribution < 1.29 is 47.2 Å². The van der Waals surface area contributed by atoms with E-state index in [-0.39, 0.29) is 11.1 Å². The van der Waals surface area contributed by atoms with Crippen molar-refractivity contribution in [1.29, 1.82) is 0 Å². The number of hydrogen-bond acceptors (Lipinski definition) is 5. The van der Waals surface area contributed by atoms with Crippen LogP contribution in [0.5, 0.6) is 0 Å². The van der Waals surface area contributed by atoms with Crippen LogP contribution in [-0.4, -0.2) is 50.8 Å². The smallest absolute Gasteiger partial charge is 0.394 e. The van der Waals surface area contributed by atoms with Crippen LogP contribution in [0.3, 0.4) is 0 Å². The van der Waals surface area contributed by atoms with Gasteiger partial charge in [-0.15, -0.1) is 0 Å². The fourth-order valence-electron chi connectivity index (χ4n) is 0.856. The molecule has 0 aromatic heterocycles. The molecule has 0 saturated carbocycles. The summed E-state index contributed by atoms with van der Waals surface area (Å²) < 4.78 is 31.6. The third-order valence-electron chi connectivity index (χ3n) is 1.56. The molecule has 122 valence electrons. The summed E-state index contributed by atoms with van der Waals surface area (Å²) in [5.41, 5.74) is -0.380. The average Bonchev–Trinajstić information content (AvgIpc) is 2.37. The maximum Gasteiger partial charge on any atom is 0.394 e. The Morgan fingerprint density at radius 3 is 1.27 bits per heavy atom. The van der Waals surface area contributed by atoms with Gasteiger partial charge < -0.3 is 15.3 Å². The molecule has 22 heavy (non-hydrogen) atoms. The molecule has 0 heterocycles. The normalized spacial score (nSPS) is 9.18. The lowest BCUT2D eigenvalue weighted by Crippen LogP contribution is -2.06. The van der Waals surface area contributed by atoms with Crippen molar-refractivity contribution in [3.8, 4) is 0 Å². The molecule has 0 aliphatic rings. The first-order valence-corrected chi connectivity index (χ1v) is 6.40. The molecule has 0 aliphatic carbocycles. The van der Waals surface area contributed by atoms with Gasteiger partial charge in [0, 0.05) is 6.08 Å². The molecule has 5 N–H and O–H groups in total. The number of hydrogen-bond donors (Lipinski definition) is 5. The van der Waals surface area contributed by atoms with Crippen LogP contribution in [0.1, 0.15) is 20.7 Å². The fourth-order valence-corrected chi connectivity index (χ4v) is 0.856. The van der Waals surface area contributed by atoms with Crippen LogP contribution in [-0.2, 0) is 15.2 Å². The van der Waals surface area contributed by atoms with Gasteiger partial charge in [0.25, 0.3) is 0 Å². The molecule has 0 atom stereocenters. The molecule has 1 aromatic rings. The molecule has 1 rings (SSSR count). The second-order valence-electron chi connectivity index (χ2n) is 3.15. The monoisotopic (exact) mass is 336 g/mol. The lowest BCUT2D eigenvalue weighted by molar-refractivity contribution is -0.131. The van der Waals surface area contributed by atoms with E-state index in [0.717, 1.165) is 6.08 Å². The molecular formula is C11H12O10S. The Labute approximate surface area is 124 Å². The highest BCUT2D eigenvalue weighted by Gasteiger charge is 2.13. The van der Waals surface area contributed by atoms with Gasteiger partial charge in [0.2, 0.25) is 0 Å². The molecule has 0 saturated heterocycles. The number of rotatable bonds is 3. The second kappa shape index (κ2) is 10.0. The molecule has 0 amide bonds. The Morgan fingerprint density at radius 2 is 1.14 bits per heavy atom. The summed E-state index contributed by atoms with van der Waals surface area (Å²) in [7, 11) is -4.67. The summed E-state index contributed by atoms with van der Waals surface area (Å²) >= 11 is 0. The van der Waals surface area contributed by atoms with Crippen molar-refractivity contribution in [2.24, 2.45) is 0 Å². The Kier molecular flexibility index (Phi) is 9.83. The zero-order chi connectivity index (χ0) is 17.9. The van der Waals surface area contributed by atoms with Crippen LogP contribution >= 0.6 is 0 Å². The highest BCUT2D eigenvalue weighted by Crippen LogP contribution is 2.07. The van der Waals surface area contributed by atoms with Crippen LogP contribution in [0.2, 0.25) is 0 Å². The minimum Gasteiger partial charge on any atom is -0.478 e. The lowest BCUT2D eigenvalue weighted by Gasteiger charge is -1.98. The van der Waals surface area contributed by atoms with Gasteiger partial charge >= 0.3 is 28.3 Å². The molecule has 1 aromatic carbocycles. The van der Waals surface area contributed by atoms with Gasteiger partial charge in [-0.3, -0.25) is 9.11 Å². The molecule has 0 radical (unpaired) electrons. The Balaban J connectivity index is 0. The molecule has 10 nitrogen and oxygen atoms in total. The maximum absolute atomic E-state index is 10.5. The second-order valence-corrected chi connectivity index (χ2v) is 4.04. The standard InChI is InChI=1S/C8H6O4.C3H4O2.H2O4S/c9-7(10)5-3-1-2-4-6(5)8(11)12;1-2-3(4)5;1-5(2,3)4/h1-4H,(H,9,10)(H,11,12);2H,1H2,(H,4,5);(H2,1,2,3,4). The zero-order valence-corrected chi connectivity index (χ0v) is 11.6. The van der Waals surface area contributed by atoms with Gasteiger partial charge in [-0.25, -0.2) is 14.4 Å².